The van der Waals surface area contributed by atoms with Gasteiger partial charge in [-0.15, -0.1) is 0 Å². The van der Waals surface area contributed by atoms with Crippen LogP contribution in [0.3, 0.4) is 0 Å². The van der Waals surface area contributed by atoms with Crippen molar-refractivity contribution >= 4 is 0 Å². The number of hydrogen-bond donors (Lipinski definition) is 0. The van der Waals surface area contributed by atoms with Crippen molar-refractivity contribution < 1.29 is 9.26 Å². The van der Waals surface area contributed by atoms with E-state index in [2.05, 4.69) is 19.9 Å². The van der Waals surface area contributed by atoms with Crippen molar-refractivity contribution in [1.29, 1.82) is 0 Å². The molecular formula is C17H28N4O2. The van der Waals surface area contributed by atoms with Crippen LogP contribution in [-0.4, -0.2) is 65.4 Å². The summed E-state index contributed by atoms with van der Waals surface area (Å²) < 4.78 is 11.0. The standard InChI is InChI=1S/C17H28N4O2/c1-3-14(4-1)17-18-16(19-23-17)13-20-8-5-15(6-9-20)21-7-2-11-22-12-10-21/h14-15H,1-13H2. The first kappa shape index (κ1) is 15.5. The predicted molar refractivity (Wildman–Crippen MR) is 86.2 cm³/mol. The molecule has 2 aliphatic heterocycles. The van der Waals surface area contributed by atoms with E-state index in [-0.39, 0.29) is 0 Å². The summed E-state index contributed by atoms with van der Waals surface area (Å²) in [6, 6.07) is 0.726. The van der Waals surface area contributed by atoms with Crippen molar-refractivity contribution in [1.82, 2.24) is 19.9 Å². The van der Waals surface area contributed by atoms with E-state index in [1.54, 1.807) is 0 Å². The zero-order chi connectivity index (χ0) is 15.5. The average molecular weight is 320 g/mol. The van der Waals surface area contributed by atoms with Crippen LogP contribution >= 0.6 is 0 Å². The van der Waals surface area contributed by atoms with E-state index in [1.807, 2.05) is 0 Å². The summed E-state index contributed by atoms with van der Waals surface area (Å²) >= 11 is 0. The topological polar surface area (TPSA) is 54.6 Å². The lowest BCUT2D eigenvalue weighted by molar-refractivity contribution is 0.0930. The van der Waals surface area contributed by atoms with Crippen LogP contribution < -0.4 is 0 Å². The molecule has 0 unspecified atom stereocenters. The van der Waals surface area contributed by atoms with E-state index in [0.29, 0.717) is 5.92 Å². The summed E-state index contributed by atoms with van der Waals surface area (Å²) in [4.78, 5) is 9.71. The first-order chi connectivity index (χ1) is 11.4. The molecule has 3 heterocycles. The third-order valence-corrected chi connectivity index (χ3v) is 5.63. The van der Waals surface area contributed by atoms with Crippen LogP contribution in [0, 0.1) is 0 Å². The second-order valence-corrected chi connectivity index (χ2v) is 7.19. The molecule has 0 spiro atoms. The van der Waals surface area contributed by atoms with Crippen LogP contribution in [-0.2, 0) is 11.3 Å². The van der Waals surface area contributed by atoms with Crippen LogP contribution in [0.4, 0.5) is 0 Å². The first-order valence-electron chi connectivity index (χ1n) is 9.25. The number of hydrogen-bond acceptors (Lipinski definition) is 6. The Labute approximate surface area is 138 Å². The first-order valence-corrected chi connectivity index (χ1v) is 9.25. The van der Waals surface area contributed by atoms with Crippen molar-refractivity contribution in [2.24, 2.45) is 0 Å². The molecule has 6 heteroatoms. The number of piperidine rings is 1. The zero-order valence-corrected chi connectivity index (χ0v) is 14.0. The maximum absolute atomic E-state index is 5.57. The fraction of sp³-hybridized carbons (Fsp3) is 0.882. The number of rotatable bonds is 4. The Morgan fingerprint density at radius 1 is 0.957 bits per heavy atom. The number of aromatic nitrogens is 2. The molecule has 0 atom stereocenters. The van der Waals surface area contributed by atoms with E-state index >= 15 is 0 Å². The van der Waals surface area contributed by atoms with Gasteiger partial charge in [-0.1, -0.05) is 11.6 Å². The molecule has 1 aromatic rings. The highest BCUT2D eigenvalue weighted by atomic mass is 16.5. The summed E-state index contributed by atoms with van der Waals surface area (Å²) in [5.74, 6) is 2.27. The molecule has 6 nitrogen and oxygen atoms in total. The number of ether oxygens (including phenoxy) is 1. The maximum atomic E-state index is 5.57. The van der Waals surface area contributed by atoms with Crippen molar-refractivity contribution in [3.05, 3.63) is 11.7 Å². The van der Waals surface area contributed by atoms with E-state index in [1.165, 1.54) is 45.1 Å². The van der Waals surface area contributed by atoms with Gasteiger partial charge >= 0.3 is 0 Å². The van der Waals surface area contributed by atoms with Crippen LogP contribution in [0.2, 0.25) is 0 Å². The van der Waals surface area contributed by atoms with Gasteiger partial charge in [0.2, 0.25) is 5.89 Å². The van der Waals surface area contributed by atoms with Crippen molar-refractivity contribution in [2.75, 3.05) is 39.4 Å². The molecule has 0 bridgehead atoms. The molecule has 0 radical (unpaired) electrons. The van der Waals surface area contributed by atoms with E-state index in [4.69, 9.17) is 9.26 Å². The molecule has 0 N–H and O–H groups in total. The Kier molecular flexibility index (Phi) is 4.92. The average Bonchev–Trinajstić information content (AvgIpc) is 2.80. The molecule has 1 saturated carbocycles. The summed E-state index contributed by atoms with van der Waals surface area (Å²) in [7, 11) is 0. The number of likely N-dealkylation sites (tertiary alicyclic amines) is 1. The van der Waals surface area contributed by atoms with Gasteiger partial charge in [0.25, 0.3) is 0 Å². The van der Waals surface area contributed by atoms with Gasteiger partial charge in [-0.3, -0.25) is 9.80 Å². The van der Waals surface area contributed by atoms with Gasteiger partial charge < -0.3 is 9.26 Å². The lowest BCUT2D eigenvalue weighted by atomic mass is 9.85. The Balaban J connectivity index is 1.25. The van der Waals surface area contributed by atoms with Gasteiger partial charge in [0.1, 0.15) is 0 Å². The largest absolute Gasteiger partial charge is 0.380 e. The molecule has 0 amide bonds. The highest BCUT2D eigenvalue weighted by Crippen LogP contribution is 2.35. The molecule has 128 valence electrons. The minimum Gasteiger partial charge on any atom is -0.380 e. The SMILES string of the molecule is C1CC(c2nc(CN3CCC(N4CCCOCC4)CC3)no2)C1. The lowest BCUT2D eigenvalue weighted by Crippen LogP contribution is -2.45. The molecule has 1 aromatic heterocycles. The molecule has 23 heavy (non-hydrogen) atoms. The predicted octanol–water partition coefficient (Wildman–Crippen LogP) is 2.02. The Bertz CT molecular complexity index is 487. The van der Waals surface area contributed by atoms with Gasteiger partial charge in [0.05, 0.1) is 13.2 Å². The third-order valence-electron chi connectivity index (χ3n) is 5.63. The van der Waals surface area contributed by atoms with Gasteiger partial charge in [-0.2, -0.15) is 4.98 Å². The minimum absolute atomic E-state index is 0.534. The van der Waals surface area contributed by atoms with E-state index in [0.717, 1.165) is 57.1 Å². The highest BCUT2D eigenvalue weighted by Gasteiger charge is 2.28. The molecule has 3 aliphatic rings. The van der Waals surface area contributed by atoms with Crippen molar-refractivity contribution in [3.8, 4) is 0 Å². The van der Waals surface area contributed by atoms with Gasteiger partial charge in [0.15, 0.2) is 5.82 Å². The fourth-order valence-electron chi connectivity index (χ4n) is 3.93. The van der Waals surface area contributed by atoms with Crippen LogP contribution in [0.5, 0.6) is 0 Å². The molecular weight excluding hydrogens is 292 g/mol. The molecule has 0 aromatic carbocycles. The second kappa shape index (κ2) is 7.28. The summed E-state index contributed by atoms with van der Waals surface area (Å²) in [6.45, 7) is 7.22. The van der Waals surface area contributed by atoms with Gasteiger partial charge in [-0.25, -0.2) is 0 Å². The summed E-state index contributed by atoms with van der Waals surface area (Å²) in [5.41, 5.74) is 0. The molecule has 2 saturated heterocycles. The minimum atomic E-state index is 0.534. The third kappa shape index (κ3) is 3.75. The normalized spacial score (nSPS) is 26.1. The molecule has 1 aliphatic carbocycles. The Hall–Kier alpha value is -0.980. The zero-order valence-electron chi connectivity index (χ0n) is 14.0. The summed E-state index contributed by atoms with van der Waals surface area (Å²) in [6.07, 6.45) is 7.39. The van der Waals surface area contributed by atoms with Crippen LogP contribution in [0.15, 0.2) is 4.52 Å². The van der Waals surface area contributed by atoms with E-state index in [9.17, 15) is 0 Å². The van der Waals surface area contributed by atoms with Gasteiger partial charge in [0, 0.05) is 44.7 Å². The molecule has 4 rings (SSSR count). The van der Waals surface area contributed by atoms with Crippen LogP contribution in [0.25, 0.3) is 0 Å². The lowest BCUT2D eigenvalue weighted by Gasteiger charge is -2.37. The van der Waals surface area contributed by atoms with E-state index < -0.39 is 0 Å². The summed E-state index contributed by atoms with van der Waals surface area (Å²) in [5, 5.41) is 4.18. The second-order valence-electron chi connectivity index (χ2n) is 7.19. The molecule has 3 fully saturated rings. The van der Waals surface area contributed by atoms with Crippen molar-refractivity contribution in [2.45, 2.75) is 57.0 Å². The highest BCUT2D eigenvalue weighted by molar-refractivity contribution is 4.98. The number of nitrogens with zero attached hydrogens (tertiary/aromatic N) is 4. The fourth-order valence-corrected chi connectivity index (χ4v) is 3.93. The quantitative estimate of drug-likeness (QED) is 0.846. The smallest absolute Gasteiger partial charge is 0.229 e. The van der Waals surface area contributed by atoms with Gasteiger partial charge in [-0.05, 0) is 32.1 Å². The monoisotopic (exact) mass is 320 g/mol. The maximum Gasteiger partial charge on any atom is 0.229 e. The Morgan fingerprint density at radius 2 is 1.83 bits per heavy atom. The Morgan fingerprint density at radius 3 is 2.61 bits per heavy atom. The van der Waals surface area contributed by atoms with Crippen molar-refractivity contribution in [3.63, 3.8) is 0 Å². The van der Waals surface area contributed by atoms with Crippen LogP contribution in [0.1, 0.15) is 56.2 Å².